The van der Waals surface area contributed by atoms with Crippen LogP contribution in [-0.4, -0.2) is 41.9 Å². The van der Waals surface area contributed by atoms with Crippen molar-refractivity contribution in [2.45, 2.75) is 31.7 Å². The number of carbonyl (C=O) groups is 1. The summed E-state index contributed by atoms with van der Waals surface area (Å²) in [5.74, 6) is -0.0148. The van der Waals surface area contributed by atoms with Gasteiger partial charge in [-0.15, -0.1) is 0 Å². The summed E-state index contributed by atoms with van der Waals surface area (Å²) >= 11 is 0. The first-order valence-corrected chi connectivity index (χ1v) is 6.96. The fourth-order valence-corrected chi connectivity index (χ4v) is 2.20. The molecule has 5 nitrogen and oxygen atoms in total. The van der Waals surface area contributed by atoms with Gasteiger partial charge in [0.25, 0.3) is 5.91 Å². The molecule has 1 fully saturated rings. The maximum atomic E-state index is 12.0. The Morgan fingerprint density at radius 1 is 1.47 bits per heavy atom. The maximum absolute atomic E-state index is 12.0. The van der Waals surface area contributed by atoms with E-state index in [1.807, 2.05) is 18.3 Å². The summed E-state index contributed by atoms with van der Waals surface area (Å²) in [5.41, 5.74) is 0.751. The van der Waals surface area contributed by atoms with E-state index >= 15 is 0 Å². The molecule has 106 valence electrons. The van der Waals surface area contributed by atoms with Crippen molar-refractivity contribution in [1.29, 1.82) is 0 Å². The Labute approximate surface area is 113 Å². The number of aromatic nitrogens is 1. The van der Waals surface area contributed by atoms with Crippen molar-refractivity contribution in [2.75, 3.05) is 26.4 Å². The molecular weight excluding hydrogens is 244 g/mol. The van der Waals surface area contributed by atoms with Crippen LogP contribution in [0, 0.1) is 0 Å². The van der Waals surface area contributed by atoms with Gasteiger partial charge in [-0.3, -0.25) is 4.79 Å². The molecule has 1 aromatic heterocycles. The fraction of sp³-hybridized carbons (Fsp3) is 0.643. The molecule has 1 aliphatic rings. The Balaban J connectivity index is 1.72. The van der Waals surface area contributed by atoms with Gasteiger partial charge in [0, 0.05) is 25.4 Å². The molecule has 0 radical (unpaired) electrons. The lowest BCUT2D eigenvalue weighted by molar-refractivity contribution is 0.0861. The van der Waals surface area contributed by atoms with Crippen molar-refractivity contribution in [3.8, 4) is 0 Å². The first kappa shape index (κ1) is 14.1. The van der Waals surface area contributed by atoms with Crippen LogP contribution in [0.3, 0.4) is 0 Å². The van der Waals surface area contributed by atoms with Gasteiger partial charge in [-0.1, -0.05) is 0 Å². The van der Waals surface area contributed by atoms with Crippen LogP contribution in [0.4, 0.5) is 0 Å². The van der Waals surface area contributed by atoms with Crippen LogP contribution in [0.2, 0.25) is 0 Å². The molecule has 1 aliphatic carbocycles. The first-order valence-electron chi connectivity index (χ1n) is 6.96. The van der Waals surface area contributed by atoms with Gasteiger partial charge in [-0.2, -0.15) is 0 Å². The normalized spacial score (nSPS) is 15.2. The average Bonchev–Trinajstić information content (AvgIpc) is 2.80. The molecule has 2 rings (SSSR count). The summed E-state index contributed by atoms with van der Waals surface area (Å²) in [6.07, 6.45) is 6.35. The maximum Gasteiger partial charge on any atom is 0.267 e. The van der Waals surface area contributed by atoms with Crippen molar-refractivity contribution in [2.24, 2.45) is 0 Å². The molecule has 0 unspecified atom stereocenters. The second-order valence-electron chi connectivity index (χ2n) is 4.83. The lowest BCUT2D eigenvalue weighted by Gasteiger charge is -2.28. The topological polar surface area (TPSA) is 63.5 Å². The van der Waals surface area contributed by atoms with E-state index in [1.165, 1.54) is 19.3 Å². The molecule has 0 spiro atoms. The molecule has 19 heavy (non-hydrogen) atoms. The van der Waals surface area contributed by atoms with E-state index in [2.05, 4.69) is 9.88 Å². The van der Waals surface area contributed by atoms with Crippen molar-refractivity contribution < 1.29 is 14.6 Å². The summed E-state index contributed by atoms with van der Waals surface area (Å²) in [6, 6.07) is 4.30. The number of amides is 1. The molecule has 1 aromatic rings. The Bertz CT molecular complexity index is 399. The Morgan fingerprint density at radius 3 is 3.00 bits per heavy atom. The highest BCUT2D eigenvalue weighted by atomic mass is 16.5. The molecule has 0 bridgehead atoms. The highest BCUT2D eigenvalue weighted by Gasteiger charge is 2.22. The molecule has 0 aromatic carbocycles. The number of hydrogen-bond donors (Lipinski definition) is 2. The molecule has 0 aliphatic heterocycles. The van der Waals surface area contributed by atoms with Crippen molar-refractivity contribution >= 4 is 5.91 Å². The third kappa shape index (κ3) is 3.81. The third-order valence-corrected chi connectivity index (χ3v) is 3.47. The zero-order valence-corrected chi connectivity index (χ0v) is 11.2. The predicted octanol–water partition coefficient (Wildman–Crippen LogP) is 1.34. The first-order chi connectivity index (χ1) is 9.33. The van der Waals surface area contributed by atoms with E-state index in [0.29, 0.717) is 25.8 Å². The number of nitrogens with zero attached hydrogens (tertiary/aromatic N) is 1. The van der Waals surface area contributed by atoms with E-state index < -0.39 is 0 Å². The summed E-state index contributed by atoms with van der Waals surface area (Å²) in [6.45, 7) is 1.56. The summed E-state index contributed by atoms with van der Waals surface area (Å²) in [5, 5.41) is 11.5. The van der Waals surface area contributed by atoms with Crippen LogP contribution in [0.15, 0.2) is 18.3 Å². The van der Waals surface area contributed by atoms with Gasteiger partial charge in [-0.25, -0.2) is 0 Å². The summed E-state index contributed by atoms with van der Waals surface area (Å²) < 4.78 is 7.22. The molecule has 0 atom stereocenters. The number of carbonyl (C=O) groups excluding carboxylic acids is 1. The largest absolute Gasteiger partial charge is 0.394 e. The molecule has 5 heteroatoms. The highest BCUT2D eigenvalue weighted by Crippen LogP contribution is 2.32. The van der Waals surface area contributed by atoms with Crippen LogP contribution < -0.4 is 5.32 Å². The van der Waals surface area contributed by atoms with Crippen molar-refractivity contribution in [3.05, 3.63) is 24.0 Å². The molecular formula is C14H22N2O3. The minimum atomic E-state index is -0.0148. The van der Waals surface area contributed by atoms with Gasteiger partial charge in [-0.05, 0) is 37.8 Å². The zero-order valence-electron chi connectivity index (χ0n) is 11.2. The monoisotopic (exact) mass is 266 g/mol. The second-order valence-corrected chi connectivity index (χ2v) is 4.83. The third-order valence-electron chi connectivity index (χ3n) is 3.47. The van der Waals surface area contributed by atoms with Crippen LogP contribution in [0.25, 0.3) is 0 Å². The van der Waals surface area contributed by atoms with E-state index in [9.17, 15) is 4.79 Å². The number of ether oxygens (including phenoxy) is 1. The standard InChI is InChI=1S/C14H22N2O3/c17-9-11-19-10-3-7-15-14(18)13-6-2-8-16(13)12-4-1-5-12/h2,6,8,12,17H,1,3-5,7,9-11H2,(H,15,18). The van der Waals surface area contributed by atoms with Crippen molar-refractivity contribution in [1.82, 2.24) is 9.88 Å². The number of rotatable bonds is 8. The smallest absolute Gasteiger partial charge is 0.267 e. The Kier molecular flexibility index (Phi) is 5.42. The number of nitrogens with one attached hydrogen (secondary N) is 1. The van der Waals surface area contributed by atoms with Crippen LogP contribution in [-0.2, 0) is 4.74 Å². The average molecular weight is 266 g/mol. The SMILES string of the molecule is O=C(NCCCOCCO)c1cccn1C1CCC1. The Hall–Kier alpha value is -1.33. The molecule has 0 saturated heterocycles. The number of aliphatic hydroxyl groups is 1. The fourth-order valence-electron chi connectivity index (χ4n) is 2.20. The van der Waals surface area contributed by atoms with Gasteiger partial charge in [0.15, 0.2) is 0 Å². The van der Waals surface area contributed by atoms with Gasteiger partial charge >= 0.3 is 0 Å². The van der Waals surface area contributed by atoms with E-state index in [0.717, 1.165) is 12.1 Å². The summed E-state index contributed by atoms with van der Waals surface area (Å²) in [4.78, 5) is 12.0. The van der Waals surface area contributed by atoms with Crippen LogP contribution in [0.1, 0.15) is 42.2 Å². The Morgan fingerprint density at radius 2 is 2.32 bits per heavy atom. The molecule has 1 heterocycles. The lowest BCUT2D eigenvalue weighted by Crippen LogP contribution is -2.29. The predicted molar refractivity (Wildman–Crippen MR) is 72.2 cm³/mol. The summed E-state index contributed by atoms with van der Waals surface area (Å²) in [7, 11) is 0. The van der Waals surface area contributed by atoms with E-state index in [4.69, 9.17) is 9.84 Å². The second kappa shape index (κ2) is 7.31. The van der Waals surface area contributed by atoms with Crippen LogP contribution >= 0.6 is 0 Å². The quantitative estimate of drug-likeness (QED) is 0.698. The molecule has 2 N–H and O–H groups in total. The number of hydrogen-bond acceptors (Lipinski definition) is 3. The highest BCUT2D eigenvalue weighted by molar-refractivity contribution is 5.92. The van der Waals surface area contributed by atoms with E-state index in [-0.39, 0.29) is 12.5 Å². The molecule has 1 saturated carbocycles. The minimum Gasteiger partial charge on any atom is -0.394 e. The molecule has 1 amide bonds. The minimum absolute atomic E-state index is 0.0148. The number of aliphatic hydroxyl groups excluding tert-OH is 1. The van der Waals surface area contributed by atoms with Gasteiger partial charge in [0.05, 0.1) is 13.2 Å². The van der Waals surface area contributed by atoms with E-state index in [1.54, 1.807) is 0 Å². The zero-order chi connectivity index (χ0) is 13.5. The van der Waals surface area contributed by atoms with Gasteiger partial charge in [0.2, 0.25) is 0 Å². The van der Waals surface area contributed by atoms with Gasteiger partial charge in [0.1, 0.15) is 5.69 Å². The van der Waals surface area contributed by atoms with Gasteiger partial charge < -0.3 is 19.7 Å². The van der Waals surface area contributed by atoms with Crippen LogP contribution in [0.5, 0.6) is 0 Å². The lowest BCUT2D eigenvalue weighted by atomic mass is 9.93. The van der Waals surface area contributed by atoms with Crippen molar-refractivity contribution in [3.63, 3.8) is 0 Å².